The third kappa shape index (κ3) is 5.38. The number of ether oxygens (including phenoxy) is 1. The first-order valence-electron chi connectivity index (χ1n) is 13.5. The van der Waals surface area contributed by atoms with Crippen LogP contribution in [0.2, 0.25) is 0 Å². The van der Waals surface area contributed by atoms with Crippen molar-refractivity contribution >= 4 is 40.9 Å². The Morgan fingerprint density at radius 1 is 0.976 bits per heavy atom. The summed E-state index contributed by atoms with van der Waals surface area (Å²) in [7, 11) is 2.00. The SMILES string of the molecule is C=CC(=O)N1CCN(c2cccc(-c3c(-c4ccc(Oc5cccc(C)n5)cc4)c4c(N)ncnc4n3C)c2)CC1.Cl. The van der Waals surface area contributed by atoms with E-state index in [2.05, 4.69) is 55.3 Å². The first kappa shape index (κ1) is 28.6. The van der Waals surface area contributed by atoms with Crippen LogP contribution in [0.15, 0.2) is 85.7 Å². The molecule has 214 valence electrons. The molecule has 0 aliphatic carbocycles. The molecule has 6 rings (SSSR count). The number of halogens is 1. The number of amides is 1. The Bertz CT molecular complexity index is 1760. The minimum atomic E-state index is -0.0243. The molecule has 0 radical (unpaired) electrons. The third-order valence-electron chi connectivity index (χ3n) is 7.48. The molecular formula is C32H32ClN7O2. The molecule has 1 fully saturated rings. The number of carbonyl (C=O) groups is 1. The summed E-state index contributed by atoms with van der Waals surface area (Å²) in [6.45, 7) is 8.37. The van der Waals surface area contributed by atoms with Gasteiger partial charge >= 0.3 is 0 Å². The second-order valence-corrected chi connectivity index (χ2v) is 10.1. The number of anilines is 2. The van der Waals surface area contributed by atoms with E-state index in [4.69, 9.17) is 10.5 Å². The highest BCUT2D eigenvalue weighted by Crippen LogP contribution is 2.42. The number of hydrogen-bond acceptors (Lipinski definition) is 7. The lowest BCUT2D eigenvalue weighted by molar-refractivity contribution is -0.126. The van der Waals surface area contributed by atoms with E-state index < -0.39 is 0 Å². The van der Waals surface area contributed by atoms with E-state index in [1.165, 1.54) is 12.4 Å². The van der Waals surface area contributed by atoms with E-state index in [1.54, 1.807) is 0 Å². The van der Waals surface area contributed by atoms with Crippen LogP contribution >= 0.6 is 12.4 Å². The fourth-order valence-corrected chi connectivity index (χ4v) is 5.44. The van der Waals surface area contributed by atoms with Crippen LogP contribution in [0.25, 0.3) is 33.4 Å². The van der Waals surface area contributed by atoms with E-state index in [-0.39, 0.29) is 18.3 Å². The van der Waals surface area contributed by atoms with Crippen molar-refractivity contribution < 1.29 is 9.53 Å². The first-order chi connectivity index (χ1) is 19.9. The summed E-state index contributed by atoms with van der Waals surface area (Å²) in [5, 5.41) is 0.806. The normalized spacial score (nSPS) is 13.1. The van der Waals surface area contributed by atoms with Gasteiger partial charge in [0.15, 0.2) is 0 Å². The van der Waals surface area contributed by atoms with Crippen molar-refractivity contribution in [2.24, 2.45) is 7.05 Å². The van der Waals surface area contributed by atoms with Gasteiger partial charge in [-0.05, 0) is 48.9 Å². The summed E-state index contributed by atoms with van der Waals surface area (Å²) < 4.78 is 8.07. The van der Waals surface area contributed by atoms with E-state index in [0.717, 1.165) is 57.9 Å². The van der Waals surface area contributed by atoms with Gasteiger partial charge in [0, 0.05) is 61.8 Å². The molecule has 1 saturated heterocycles. The Morgan fingerprint density at radius 2 is 1.71 bits per heavy atom. The zero-order valence-corrected chi connectivity index (χ0v) is 24.3. The fraction of sp³-hybridized carbons (Fsp3) is 0.188. The molecule has 0 spiro atoms. The van der Waals surface area contributed by atoms with Crippen LogP contribution in [-0.4, -0.2) is 56.5 Å². The molecule has 4 heterocycles. The number of nitrogen functional groups attached to an aromatic ring is 1. The van der Waals surface area contributed by atoms with Crippen molar-refractivity contribution in [3.63, 3.8) is 0 Å². The largest absolute Gasteiger partial charge is 0.439 e. The van der Waals surface area contributed by atoms with Gasteiger partial charge in [-0.25, -0.2) is 15.0 Å². The average Bonchev–Trinajstić information content (AvgIpc) is 3.30. The number of piperazine rings is 1. The number of nitrogens with two attached hydrogens (primary N) is 1. The fourth-order valence-electron chi connectivity index (χ4n) is 5.44. The van der Waals surface area contributed by atoms with Crippen LogP contribution in [0, 0.1) is 6.92 Å². The van der Waals surface area contributed by atoms with Crippen LogP contribution < -0.4 is 15.4 Å². The van der Waals surface area contributed by atoms with Gasteiger partial charge in [0.1, 0.15) is 23.5 Å². The summed E-state index contributed by atoms with van der Waals surface area (Å²) in [4.78, 5) is 29.5. The lowest BCUT2D eigenvalue weighted by atomic mass is 9.98. The van der Waals surface area contributed by atoms with Gasteiger partial charge in [0.25, 0.3) is 0 Å². The van der Waals surface area contributed by atoms with Crippen molar-refractivity contribution in [3.05, 3.63) is 91.4 Å². The number of aromatic nitrogens is 4. The second-order valence-electron chi connectivity index (χ2n) is 10.1. The van der Waals surface area contributed by atoms with Crippen LogP contribution in [0.3, 0.4) is 0 Å². The highest BCUT2D eigenvalue weighted by molar-refractivity contribution is 6.07. The van der Waals surface area contributed by atoms with Crippen LogP contribution in [0.5, 0.6) is 11.6 Å². The molecule has 3 aromatic heterocycles. The van der Waals surface area contributed by atoms with Crippen LogP contribution in [0.1, 0.15) is 5.69 Å². The Kier molecular flexibility index (Phi) is 8.13. The number of carbonyl (C=O) groups excluding carboxylic acids is 1. The van der Waals surface area contributed by atoms with Crippen LogP contribution in [0.4, 0.5) is 11.5 Å². The Labute approximate surface area is 250 Å². The van der Waals surface area contributed by atoms with Crippen molar-refractivity contribution in [2.45, 2.75) is 6.92 Å². The van der Waals surface area contributed by atoms with Crippen molar-refractivity contribution in [1.82, 2.24) is 24.4 Å². The number of rotatable bonds is 6. The lowest BCUT2D eigenvalue weighted by Gasteiger charge is -2.35. The highest BCUT2D eigenvalue weighted by atomic mass is 35.5. The van der Waals surface area contributed by atoms with Crippen LogP contribution in [-0.2, 0) is 11.8 Å². The topological polar surface area (TPSA) is 102 Å². The van der Waals surface area contributed by atoms with Gasteiger partial charge < -0.3 is 24.8 Å². The van der Waals surface area contributed by atoms with Crippen molar-refractivity contribution in [1.29, 1.82) is 0 Å². The standard InChI is InChI=1S/C32H31N7O2.ClH/c1-4-27(40)39-17-15-38(16-18-39)24-9-6-8-23(19-24)30-28(29-31(33)34-20-35-32(29)37(30)3)22-11-13-25(14-12-22)41-26-10-5-7-21(2)36-26;/h4-14,19-20H,1,15-18H2,2-3H3,(H2,33,34,35);1H. The zero-order chi connectivity index (χ0) is 28.5. The number of pyridine rings is 1. The van der Waals surface area contributed by atoms with Gasteiger partial charge in [-0.1, -0.05) is 36.9 Å². The predicted molar refractivity (Wildman–Crippen MR) is 169 cm³/mol. The maximum atomic E-state index is 12.1. The van der Waals surface area contributed by atoms with Gasteiger partial charge in [-0.2, -0.15) is 0 Å². The summed E-state index contributed by atoms with van der Waals surface area (Å²) in [6.07, 6.45) is 2.88. The van der Waals surface area contributed by atoms with Gasteiger partial charge in [-0.3, -0.25) is 4.79 Å². The molecule has 0 atom stereocenters. The quantitative estimate of drug-likeness (QED) is 0.259. The second kappa shape index (κ2) is 11.9. The van der Waals surface area contributed by atoms with Crippen molar-refractivity contribution in [2.75, 3.05) is 36.8 Å². The van der Waals surface area contributed by atoms with Crippen molar-refractivity contribution in [3.8, 4) is 34.0 Å². The maximum Gasteiger partial charge on any atom is 0.246 e. The molecule has 5 aromatic rings. The molecule has 1 aliphatic heterocycles. The molecule has 1 aliphatic rings. The maximum absolute atomic E-state index is 12.1. The molecule has 10 heteroatoms. The van der Waals surface area contributed by atoms with E-state index >= 15 is 0 Å². The molecule has 1 amide bonds. The highest BCUT2D eigenvalue weighted by Gasteiger charge is 2.24. The monoisotopic (exact) mass is 581 g/mol. The molecule has 42 heavy (non-hydrogen) atoms. The summed E-state index contributed by atoms with van der Waals surface area (Å²) in [6, 6.07) is 22.1. The Hall–Kier alpha value is -4.89. The molecule has 0 unspecified atom stereocenters. The van der Waals surface area contributed by atoms with Gasteiger partial charge in [0.05, 0.1) is 11.1 Å². The summed E-state index contributed by atoms with van der Waals surface area (Å²) >= 11 is 0. The van der Waals surface area contributed by atoms with Gasteiger partial charge in [-0.15, -0.1) is 12.4 Å². The van der Waals surface area contributed by atoms with E-state index in [9.17, 15) is 4.79 Å². The number of fused-ring (bicyclic) bond motifs is 1. The number of hydrogen-bond donors (Lipinski definition) is 1. The third-order valence-corrected chi connectivity index (χ3v) is 7.48. The minimum absolute atomic E-state index is 0. The molecule has 2 aromatic carbocycles. The Balaban J connectivity index is 0.00000353. The molecule has 0 bridgehead atoms. The van der Waals surface area contributed by atoms with E-state index in [0.29, 0.717) is 30.5 Å². The number of aryl methyl sites for hydroxylation is 2. The molecule has 9 nitrogen and oxygen atoms in total. The first-order valence-corrected chi connectivity index (χ1v) is 13.5. The van der Waals surface area contributed by atoms with Gasteiger partial charge in [0.2, 0.25) is 11.8 Å². The summed E-state index contributed by atoms with van der Waals surface area (Å²) in [5.41, 5.74) is 13.1. The lowest BCUT2D eigenvalue weighted by Crippen LogP contribution is -2.48. The summed E-state index contributed by atoms with van der Waals surface area (Å²) in [5.74, 6) is 1.64. The minimum Gasteiger partial charge on any atom is -0.439 e. The van der Waals surface area contributed by atoms with E-state index in [1.807, 2.05) is 61.3 Å². The smallest absolute Gasteiger partial charge is 0.246 e. The Morgan fingerprint density at radius 3 is 2.43 bits per heavy atom. The molecule has 2 N–H and O–H groups in total. The zero-order valence-electron chi connectivity index (χ0n) is 23.5. The number of nitrogens with zero attached hydrogens (tertiary/aromatic N) is 6. The number of benzene rings is 2. The average molecular weight is 582 g/mol. The predicted octanol–water partition coefficient (Wildman–Crippen LogP) is 5.64. The molecule has 0 saturated carbocycles. The molecular weight excluding hydrogens is 550 g/mol.